The van der Waals surface area contributed by atoms with Gasteiger partial charge < -0.3 is 14.2 Å². The summed E-state index contributed by atoms with van der Waals surface area (Å²) >= 11 is 0. The molecule has 0 bridgehead atoms. The van der Waals surface area contributed by atoms with Crippen LogP contribution < -0.4 is 4.74 Å². The smallest absolute Gasteiger partial charge is 0.338 e. The summed E-state index contributed by atoms with van der Waals surface area (Å²) in [4.78, 5) is 23.6. The normalized spacial score (nSPS) is 10.6. The van der Waals surface area contributed by atoms with Crippen LogP contribution >= 0.6 is 0 Å². The lowest BCUT2D eigenvalue weighted by atomic mass is 10.1. The second-order valence-electron chi connectivity index (χ2n) is 5.32. The van der Waals surface area contributed by atoms with Crippen molar-refractivity contribution in [3.8, 4) is 5.75 Å². The molecule has 2 aromatic rings. The molecule has 5 heteroatoms. The van der Waals surface area contributed by atoms with Crippen LogP contribution in [-0.4, -0.2) is 32.3 Å². The molecular formula is C20H20O5. The van der Waals surface area contributed by atoms with Gasteiger partial charge in [-0.15, -0.1) is 0 Å². The first-order valence-electron chi connectivity index (χ1n) is 7.81. The fraction of sp³-hybridized carbons (Fsp3) is 0.200. The third-order valence-electron chi connectivity index (χ3n) is 3.32. The van der Waals surface area contributed by atoms with Crippen molar-refractivity contribution in [2.75, 3.05) is 20.3 Å². The average molecular weight is 340 g/mol. The molecule has 0 aromatic heterocycles. The SMILES string of the molecule is COCCOC(=O)c1ccc(OC(=O)/C=C/c2ccc(C)cc2)cc1. The molecule has 0 aliphatic rings. The molecular weight excluding hydrogens is 320 g/mol. The van der Waals surface area contributed by atoms with Gasteiger partial charge >= 0.3 is 11.9 Å². The van der Waals surface area contributed by atoms with Gasteiger partial charge in [-0.25, -0.2) is 9.59 Å². The Morgan fingerprint density at radius 1 is 0.960 bits per heavy atom. The van der Waals surface area contributed by atoms with Gasteiger partial charge in [0, 0.05) is 13.2 Å². The van der Waals surface area contributed by atoms with E-state index in [1.807, 2.05) is 31.2 Å². The lowest BCUT2D eigenvalue weighted by Gasteiger charge is -2.05. The molecule has 0 saturated carbocycles. The minimum Gasteiger partial charge on any atom is -0.460 e. The number of carbonyl (C=O) groups excluding carboxylic acids is 2. The van der Waals surface area contributed by atoms with Crippen molar-refractivity contribution in [2.24, 2.45) is 0 Å². The van der Waals surface area contributed by atoms with Gasteiger partial charge in [0.1, 0.15) is 12.4 Å². The number of ether oxygens (including phenoxy) is 3. The lowest BCUT2D eigenvalue weighted by Crippen LogP contribution is -2.10. The molecule has 0 saturated heterocycles. The van der Waals surface area contributed by atoms with Crippen LogP contribution in [0.25, 0.3) is 6.08 Å². The Bertz CT molecular complexity index is 730. The molecule has 2 aromatic carbocycles. The molecule has 0 atom stereocenters. The zero-order valence-corrected chi connectivity index (χ0v) is 14.2. The highest BCUT2D eigenvalue weighted by atomic mass is 16.6. The summed E-state index contributed by atoms with van der Waals surface area (Å²) in [5.74, 6) is -0.586. The summed E-state index contributed by atoms with van der Waals surface area (Å²) in [5.41, 5.74) is 2.45. The van der Waals surface area contributed by atoms with E-state index in [0.717, 1.165) is 11.1 Å². The van der Waals surface area contributed by atoms with Crippen molar-refractivity contribution in [1.82, 2.24) is 0 Å². The summed E-state index contributed by atoms with van der Waals surface area (Å²) in [6.45, 7) is 2.53. The van der Waals surface area contributed by atoms with Crippen LogP contribution in [0.5, 0.6) is 5.75 Å². The molecule has 5 nitrogen and oxygen atoms in total. The first-order chi connectivity index (χ1) is 12.1. The van der Waals surface area contributed by atoms with Gasteiger partial charge in [-0.1, -0.05) is 29.8 Å². The van der Waals surface area contributed by atoms with E-state index in [9.17, 15) is 9.59 Å². The fourth-order valence-electron chi connectivity index (χ4n) is 1.95. The van der Waals surface area contributed by atoms with Crippen molar-refractivity contribution in [1.29, 1.82) is 0 Å². The van der Waals surface area contributed by atoms with Crippen molar-refractivity contribution < 1.29 is 23.8 Å². The second-order valence-corrected chi connectivity index (χ2v) is 5.32. The van der Waals surface area contributed by atoms with E-state index in [-0.39, 0.29) is 6.61 Å². The Morgan fingerprint density at radius 2 is 1.64 bits per heavy atom. The number of aryl methyl sites for hydroxylation is 1. The Balaban J connectivity index is 1.88. The Labute approximate surface area is 146 Å². The predicted octanol–water partition coefficient (Wildman–Crippen LogP) is 3.42. The maximum atomic E-state index is 11.8. The van der Waals surface area contributed by atoms with Crippen LogP contribution in [0.4, 0.5) is 0 Å². The van der Waals surface area contributed by atoms with Crippen LogP contribution in [0.15, 0.2) is 54.6 Å². The highest BCUT2D eigenvalue weighted by Crippen LogP contribution is 2.14. The molecule has 0 fully saturated rings. The van der Waals surface area contributed by atoms with Gasteiger partial charge in [-0.05, 0) is 42.8 Å². The van der Waals surface area contributed by atoms with E-state index in [1.54, 1.807) is 30.3 Å². The molecule has 0 aliphatic heterocycles. The van der Waals surface area contributed by atoms with Crippen molar-refractivity contribution in [3.05, 3.63) is 71.3 Å². The van der Waals surface area contributed by atoms with Crippen LogP contribution in [-0.2, 0) is 14.3 Å². The number of esters is 2. The Hall–Kier alpha value is -2.92. The summed E-state index contributed by atoms with van der Waals surface area (Å²) < 4.78 is 15.0. The zero-order chi connectivity index (χ0) is 18.1. The van der Waals surface area contributed by atoms with Crippen molar-refractivity contribution in [2.45, 2.75) is 6.92 Å². The summed E-state index contributed by atoms with van der Waals surface area (Å²) in [6, 6.07) is 14.0. The summed E-state index contributed by atoms with van der Waals surface area (Å²) in [5, 5.41) is 0. The minimum atomic E-state index is -0.490. The molecule has 0 amide bonds. The number of benzene rings is 2. The van der Waals surface area contributed by atoms with Crippen LogP contribution in [0, 0.1) is 6.92 Å². The van der Waals surface area contributed by atoms with Gasteiger partial charge in [0.15, 0.2) is 0 Å². The fourth-order valence-corrected chi connectivity index (χ4v) is 1.95. The van der Waals surface area contributed by atoms with Gasteiger partial charge in [0.25, 0.3) is 0 Å². The third-order valence-corrected chi connectivity index (χ3v) is 3.32. The van der Waals surface area contributed by atoms with Crippen LogP contribution in [0.3, 0.4) is 0 Å². The first kappa shape index (κ1) is 18.4. The molecule has 0 radical (unpaired) electrons. The minimum absolute atomic E-state index is 0.190. The number of carbonyl (C=O) groups is 2. The number of methoxy groups -OCH3 is 1. The molecule has 130 valence electrons. The maximum absolute atomic E-state index is 11.8. The average Bonchev–Trinajstić information content (AvgIpc) is 2.62. The van der Waals surface area contributed by atoms with E-state index in [1.165, 1.54) is 13.2 Å². The quantitative estimate of drug-likeness (QED) is 0.334. The summed E-state index contributed by atoms with van der Waals surface area (Å²) in [7, 11) is 1.53. The lowest BCUT2D eigenvalue weighted by molar-refractivity contribution is -0.128. The topological polar surface area (TPSA) is 61.8 Å². The number of hydrogen-bond donors (Lipinski definition) is 0. The van der Waals surface area contributed by atoms with E-state index < -0.39 is 11.9 Å². The van der Waals surface area contributed by atoms with Gasteiger partial charge in [-0.2, -0.15) is 0 Å². The third kappa shape index (κ3) is 6.24. The molecule has 0 heterocycles. The summed E-state index contributed by atoms with van der Waals surface area (Å²) in [6.07, 6.45) is 3.04. The van der Waals surface area contributed by atoms with E-state index in [2.05, 4.69) is 0 Å². The van der Waals surface area contributed by atoms with E-state index in [0.29, 0.717) is 17.9 Å². The van der Waals surface area contributed by atoms with E-state index >= 15 is 0 Å². The molecule has 0 aliphatic carbocycles. The predicted molar refractivity (Wildman–Crippen MR) is 94.4 cm³/mol. The highest BCUT2D eigenvalue weighted by Gasteiger charge is 2.08. The first-order valence-corrected chi connectivity index (χ1v) is 7.81. The van der Waals surface area contributed by atoms with Gasteiger partial charge in [0.05, 0.1) is 12.2 Å². The standard InChI is InChI=1S/C20H20O5/c1-15-3-5-16(6-4-15)7-12-19(21)25-18-10-8-17(9-11-18)20(22)24-14-13-23-2/h3-12H,13-14H2,1-2H3/b12-7+. The van der Waals surface area contributed by atoms with Crippen molar-refractivity contribution >= 4 is 18.0 Å². The van der Waals surface area contributed by atoms with Crippen molar-refractivity contribution in [3.63, 3.8) is 0 Å². The molecule has 2 rings (SSSR count). The van der Waals surface area contributed by atoms with E-state index in [4.69, 9.17) is 14.2 Å². The number of hydrogen-bond acceptors (Lipinski definition) is 5. The maximum Gasteiger partial charge on any atom is 0.338 e. The largest absolute Gasteiger partial charge is 0.460 e. The van der Waals surface area contributed by atoms with Gasteiger partial charge in [-0.3, -0.25) is 0 Å². The monoisotopic (exact) mass is 340 g/mol. The van der Waals surface area contributed by atoms with Crippen LogP contribution in [0.2, 0.25) is 0 Å². The molecule has 25 heavy (non-hydrogen) atoms. The van der Waals surface area contributed by atoms with Gasteiger partial charge in [0.2, 0.25) is 0 Å². The van der Waals surface area contributed by atoms with Crippen LogP contribution in [0.1, 0.15) is 21.5 Å². The molecule has 0 N–H and O–H groups in total. The molecule has 0 spiro atoms. The highest BCUT2D eigenvalue weighted by molar-refractivity contribution is 5.90. The Morgan fingerprint density at radius 3 is 2.28 bits per heavy atom. The number of rotatable bonds is 7. The molecule has 0 unspecified atom stereocenters. The zero-order valence-electron chi connectivity index (χ0n) is 14.2. The Kier molecular flexibility index (Phi) is 6.92. The second kappa shape index (κ2) is 9.39.